The van der Waals surface area contributed by atoms with Gasteiger partial charge in [-0.05, 0) is 44.5 Å². The van der Waals surface area contributed by atoms with Crippen molar-refractivity contribution in [3.8, 4) is 5.69 Å². The summed E-state index contributed by atoms with van der Waals surface area (Å²) in [5, 5.41) is 6.61. The van der Waals surface area contributed by atoms with Crippen LogP contribution in [-0.4, -0.2) is 25.7 Å². The largest absolute Gasteiger partial charge is 0.442 e. The van der Waals surface area contributed by atoms with E-state index in [1.54, 1.807) is 19.9 Å². The summed E-state index contributed by atoms with van der Waals surface area (Å²) < 4.78 is 48.0. The number of benzene rings is 1. The van der Waals surface area contributed by atoms with Crippen molar-refractivity contribution in [2.75, 3.05) is 0 Å². The van der Waals surface area contributed by atoms with Crippen molar-refractivity contribution < 1.29 is 22.4 Å². The third-order valence-corrected chi connectivity index (χ3v) is 4.99. The highest BCUT2D eigenvalue weighted by Crippen LogP contribution is 2.34. The van der Waals surface area contributed by atoms with E-state index in [1.165, 1.54) is 23.7 Å². The Kier molecular flexibility index (Phi) is 5.11. The minimum Gasteiger partial charge on any atom is -0.442 e. The average Bonchev–Trinajstić information content (AvgIpc) is 3.24. The van der Waals surface area contributed by atoms with Gasteiger partial charge in [-0.1, -0.05) is 6.07 Å². The fraction of sp³-hybridized carbons (Fsp3) is 0.238. The van der Waals surface area contributed by atoms with Gasteiger partial charge in [-0.3, -0.25) is 9.59 Å². The van der Waals surface area contributed by atoms with Crippen LogP contribution in [0.5, 0.6) is 0 Å². The molecule has 3 heterocycles. The summed E-state index contributed by atoms with van der Waals surface area (Å²) in [5.74, 6) is -0.604. The van der Waals surface area contributed by atoms with E-state index in [2.05, 4.69) is 20.4 Å². The number of rotatable bonds is 4. The summed E-state index contributed by atoms with van der Waals surface area (Å²) in [6.07, 6.45) is -3.51. The van der Waals surface area contributed by atoms with Crippen LogP contribution < -0.4 is 10.9 Å². The quantitative estimate of drug-likeness (QED) is 0.500. The number of hydrogen-bond acceptors (Lipinski definition) is 5. The molecule has 0 bridgehead atoms. The fourth-order valence-electron chi connectivity index (χ4n) is 3.60. The van der Waals surface area contributed by atoms with Crippen molar-refractivity contribution >= 4 is 17.0 Å². The van der Waals surface area contributed by atoms with Gasteiger partial charge in [0.2, 0.25) is 5.71 Å². The number of amides is 1. The van der Waals surface area contributed by atoms with Gasteiger partial charge in [-0.25, -0.2) is 9.67 Å². The summed E-state index contributed by atoms with van der Waals surface area (Å²) in [6.45, 7) is 4.56. The van der Waals surface area contributed by atoms with E-state index in [4.69, 9.17) is 4.42 Å². The Morgan fingerprint density at radius 1 is 1.22 bits per heavy atom. The normalized spacial score (nSPS) is 11.8. The molecular weight excluding hydrogens is 427 g/mol. The second kappa shape index (κ2) is 7.66. The third-order valence-electron chi connectivity index (χ3n) is 4.99. The SMILES string of the molecule is Cc1cc(C)n(-c2ccc(CNC(=O)c3c(C)oc4nc[nH]c(=O)c34)c(C(F)(F)F)c2)n1. The molecule has 1 amide bonds. The number of aryl methyl sites for hydroxylation is 3. The first-order valence-corrected chi connectivity index (χ1v) is 9.55. The number of halogens is 3. The molecule has 0 saturated heterocycles. The number of nitrogens with zero attached hydrogens (tertiary/aromatic N) is 3. The smallest absolute Gasteiger partial charge is 0.416 e. The molecule has 0 saturated carbocycles. The predicted molar refractivity (Wildman–Crippen MR) is 109 cm³/mol. The second-order valence-electron chi connectivity index (χ2n) is 7.31. The number of aromatic nitrogens is 4. The summed E-state index contributed by atoms with van der Waals surface area (Å²) in [5.41, 5.74) is -0.0690. The monoisotopic (exact) mass is 445 g/mol. The van der Waals surface area contributed by atoms with Crippen LogP contribution in [0.2, 0.25) is 0 Å². The third kappa shape index (κ3) is 3.77. The van der Waals surface area contributed by atoms with Crippen molar-refractivity contribution in [3.05, 3.63) is 74.8 Å². The van der Waals surface area contributed by atoms with E-state index in [0.717, 1.165) is 12.4 Å². The van der Waals surface area contributed by atoms with E-state index in [-0.39, 0.29) is 33.7 Å². The molecule has 0 unspecified atom stereocenters. The fourth-order valence-corrected chi connectivity index (χ4v) is 3.60. The first kappa shape index (κ1) is 21.3. The number of carbonyl (C=O) groups excluding carboxylic acids is 1. The number of fused-ring (bicyclic) bond motifs is 1. The van der Waals surface area contributed by atoms with Crippen LogP contribution in [0.3, 0.4) is 0 Å². The zero-order chi connectivity index (χ0) is 23.2. The lowest BCUT2D eigenvalue weighted by molar-refractivity contribution is -0.138. The van der Waals surface area contributed by atoms with Crippen molar-refractivity contribution in [2.45, 2.75) is 33.5 Å². The number of carbonyl (C=O) groups is 1. The van der Waals surface area contributed by atoms with Gasteiger partial charge in [0.05, 0.1) is 28.8 Å². The summed E-state index contributed by atoms with van der Waals surface area (Å²) in [6, 6.07) is 5.55. The van der Waals surface area contributed by atoms with E-state index in [0.29, 0.717) is 11.4 Å². The van der Waals surface area contributed by atoms with Crippen LogP contribution in [0.25, 0.3) is 16.8 Å². The Labute approximate surface area is 179 Å². The molecule has 3 aromatic heterocycles. The Bertz CT molecular complexity index is 1400. The van der Waals surface area contributed by atoms with Gasteiger partial charge in [-0.2, -0.15) is 18.3 Å². The van der Waals surface area contributed by atoms with Crippen molar-refractivity contribution in [2.24, 2.45) is 0 Å². The molecule has 32 heavy (non-hydrogen) atoms. The zero-order valence-electron chi connectivity index (χ0n) is 17.3. The van der Waals surface area contributed by atoms with Gasteiger partial charge < -0.3 is 14.7 Å². The number of alkyl halides is 3. The van der Waals surface area contributed by atoms with Crippen LogP contribution in [0, 0.1) is 20.8 Å². The van der Waals surface area contributed by atoms with Crippen molar-refractivity contribution in [3.63, 3.8) is 0 Å². The highest BCUT2D eigenvalue weighted by Gasteiger charge is 2.34. The predicted octanol–water partition coefficient (Wildman–Crippen LogP) is 3.58. The number of hydrogen-bond donors (Lipinski definition) is 2. The second-order valence-corrected chi connectivity index (χ2v) is 7.31. The number of furan rings is 1. The first-order valence-electron chi connectivity index (χ1n) is 9.55. The maximum Gasteiger partial charge on any atom is 0.416 e. The van der Waals surface area contributed by atoms with Crippen LogP contribution in [0.1, 0.15) is 38.6 Å². The molecule has 0 aliphatic carbocycles. The molecule has 4 aromatic rings. The summed E-state index contributed by atoms with van der Waals surface area (Å²) in [4.78, 5) is 31.0. The van der Waals surface area contributed by atoms with Gasteiger partial charge in [0.15, 0.2) is 0 Å². The molecule has 11 heteroatoms. The highest BCUT2D eigenvalue weighted by atomic mass is 19.4. The molecule has 4 rings (SSSR count). The molecule has 2 N–H and O–H groups in total. The molecule has 8 nitrogen and oxygen atoms in total. The summed E-state index contributed by atoms with van der Waals surface area (Å²) in [7, 11) is 0. The molecule has 0 spiro atoms. The number of nitrogens with one attached hydrogen (secondary N) is 2. The lowest BCUT2D eigenvalue weighted by Gasteiger charge is -2.16. The van der Waals surface area contributed by atoms with Crippen LogP contribution in [0.15, 0.2) is 39.8 Å². The molecule has 0 atom stereocenters. The Morgan fingerprint density at radius 2 is 1.97 bits per heavy atom. The number of H-pyrrole nitrogens is 1. The Balaban J connectivity index is 1.66. The Morgan fingerprint density at radius 3 is 2.62 bits per heavy atom. The van der Waals surface area contributed by atoms with Gasteiger partial charge in [0.1, 0.15) is 11.1 Å². The first-order chi connectivity index (χ1) is 15.1. The van der Waals surface area contributed by atoms with Crippen LogP contribution in [0.4, 0.5) is 13.2 Å². The molecular formula is C21H18F3N5O3. The zero-order valence-corrected chi connectivity index (χ0v) is 17.3. The maximum absolute atomic E-state index is 13.8. The van der Waals surface area contributed by atoms with Gasteiger partial charge in [0.25, 0.3) is 11.5 Å². The van der Waals surface area contributed by atoms with Gasteiger partial charge >= 0.3 is 6.18 Å². The van der Waals surface area contributed by atoms with Gasteiger partial charge in [0, 0.05) is 12.2 Å². The lowest BCUT2D eigenvalue weighted by atomic mass is 10.1. The minimum atomic E-state index is -4.65. The van der Waals surface area contributed by atoms with Crippen molar-refractivity contribution in [1.29, 1.82) is 0 Å². The highest BCUT2D eigenvalue weighted by molar-refractivity contribution is 6.06. The topological polar surface area (TPSA) is 106 Å². The van der Waals surface area contributed by atoms with Crippen LogP contribution >= 0.6 is 0 Å². The van der Waals surface area contributed by atoms with Crippen molar-refractivity contribution in [1.82, 2.24) is 25.1 Å². The maximum atomic E-state index is 13.8. The minimum absolute atomic E-state index is 0.0263. The van der Waals surface area contributed by atoms with Crippen LogP contribution in [-0.2, 0) is 12.7 Å². The standard InChI is InChI=1S/C21H18F3N5O3/c1-10-6-11(2)29(28-10)14-5-4-13(15(7-14)21(22,23)24)8-25-18(30)16-12(3)32-20-17(16)19(31)26-9-27-20/h4-7,9H,8H2,1-3H3,(H,25,30)(H,26,27,31). The Hall–Kier alpha value is -3.89. The molecule has 1 aromatic carbocycles. The summed E-state index contributed by atoms with van der Waals surface area (Å²) >= 11 is 0. The average molecular weight is 445 g/mol. The van der Waals surface area contributed by atoms with E-state index >= 15 is 0 Å². The molecule has 0 aliphatic heterocycles. The molecule has 0 radical (unpaired) electrons. The lowest BCUT2D eigenvalue weighted by Crippen LogP contribution is -2.26. The molecule has 0 fully saturated rings. The van der Waals surface area contributed by atoms with Gasteiger partial charge in [-0.15, -0.1) is 0 Å². The van der Waals surface area contributed by atoms with E-state index in [9.17, 15) is 22.8 Å². The number of aromatic amines is 1. The van der Waals surface area contributed by atoms with E-state index < -0.39 is 29.8 Å². The molecule has 166 valence electrons. The molecule has 0 aliphatic rings. The van der Waals surface area contributed by atoms with E-state index in [1.807, 2.05) is 0 Å².